The Morgan fingerprint density at radius 1 is 1.24 bits per heavy atom. The Bertz CT molecular complexity index is 985. The fourth-order valence-corrected chi connectivity index (χ4v) is 3.79. The Balaban J connectivity index is 0.00000150. The molecule has 2 atom stereocenters. The third kappa shape index (κ3) is 4.37. The maximum Gasteiger partial charge on any atom is 0.276 e. The third-order valence-corrected chi connectivity index (χ3v) is 5.43. The molecule has 1 aromatic carbocycles. The smallest absolute Gasteiger partial charge is 0.276 e. The molecular formula is C20H26Cl2N6O. The second-order valence-corrected chi connectivity index (χ2v) is 7.30. The van der Waals surface area contributed by atoms with E-state index in [-0.39, 0.29) is 36.8 Å². The van der Waals surface area contributed by atoms with Crippen molar-refractivity contribution in [2.24, 2.45) is 11.7 Å². The lowest BCUT2D eigenvalue weighted by Gasteiger charge is -2.34. The van der Waals surface area contributed by atoms with E-state index in [0.717, 1.165) is 41.7 Å². The van der Waals surface area contributed by atoms with Gasteiger partial charge in [0.25, 0.3) is 5.91 Å². The van der Waals surface area contributed by atoms with Crippen molar-refractivity contribution < 1.29 is 4.79 Å². The quantitative estimate of drug-likeness (QED) is 0.680. The number of rotatable bonds is 3. The van der Waals surface area contributed by atoms with Crippen LogP contribution in [-0.2, 0) is 0 Å². The summed E-state index contributed by atoms with van der Waals surface area (Å²) in [6.45, 7) is 5.30. The molecule has 0 spiro atoms. The lowest BCUT2D eigenvalue weighted by Crippen LogP contribution is -2.45. The number of likely N-dealkylation sites (tertiary alicyclic amines) is 1. The minimum Gasteiger partial charge on any atom is -0.337 e. The number of pyridine rings is 1. The molecule has 156 valence electrons. The highest BCUT2D eigenvalue weighted by Crippen LogP contribution is 2.24. The Kier molecular flexibility index (Phi) is 7.57. The van der Waals surface area contributed by atoms with E-state index in [1.54, 1.807) is 10.9 Å². The number of benzene rings is 1. The molecule has 1 saturated heterocycles. The zero-order valence-corrected chi connectivity index (χ0v) is 18.1. The van der Waals surface area contributed by atoms with Gasteiger partial charge in [-0.25, -0.2) is 4.68 Å². The number of hydrogen-bond donors (Lipinski definition) is 1. The van der Waals surface area contributed by atoms with Crippen LogP contribution < -0.4 is 5.73 Å². The molecule has 29 heavy (non-hydrogen) atoms. The first-order valence-corrected chi connectivity index (χ1v) is 9.37. The molecule has 3 aromatic rings. The van der Waals surface area contributed by atoms with E-state index in [1.807, 2.05) is 49.1 Å². The number of para-hydroxylation sites is 1. The van der Waals surface area contributed by atoms with Crippen LogP contribution in [0.5, 0.6) is 0 Å². The summed E-state index contributed by atoms with van der Waals surface area (Å²) < 4.78 is 1.70. The van der Waals surface area contributed by atoms with Crippen LogP contribution in [0.1, 0.15) is 35.9 Å². The number of piperidine rings is 1. The monoisotopic (exact) mass is 436 g/mol. The molecule has 1 aliphatic heterocycles. The predicted molar refractivity (Wildman–Crippen MR) is 118 cm³/mol. The van der Waals surface area contributed by atoms with Crippen LogP contribution in [0.15, 0.2) is 36.5 Å². The summed E-state index contributed by atoms with van der Waals surface area (Å²) in [4.78, 5) is 19.4. The minimum absolute atomic E-state index is 0. The second kappa shape index (κ2) is 9.52. The SMILES string of the molecule is Cc1c(C(=O)N2CCCC(C(C)N)C2)nnn1-c1cccc2cccnc12.Cl.Cl. The number of fused-ring (bicyclic) bond motifs is 1. The lowest BCUT2D eigenvalue weighted by atomic mass is 9.92. The molecule has 2 unspecified atom stereocenters. The number of amides is 1. The van der Waals surface area contributed by atoms with Gasteiger partial charge in [0.2, 0.25) is 0 Å². The average molecular weight is 437 g/mol. The fraction of sp³-hybridized carbons (Fsp3) is 0.400. The van der Waals surface area contributed by atoms with Gasteiger partial charge in [-0.1, -0.05) is 23.4 Å². The Morgan fingerprint density at radius 3 is 2.76 bits per heavy atom. The number of nitrogens with zero attached hydrogens (tertiary/aromatic N) is 5. The maximum atomic E-state index is 13.1. The highest BCUT2D eigenvalue weighted by molar-refractivity contribution is 5.94. The Morgan fingerprint density at radius 2 is 2.00 bits per heavy atom. The van der Waals surface area contributed by atoms with Crippen LogP contribution in [0, 0.1) is 12.8 Å². The summed E-state index contributed by atoms with van der Waals surface area (Å²) >= 11 is 0. The minimum atomic E-state index is -0.0719. The van der Waals surface area contributed by atoms with Gasteiger partial charge in [-0.2, -0.15) is 0 Å². The first-order chi connectivity index (χ1) is 13.1. The first kappa shape index (κ1) is 23.1. The Labute approximate surface area is 182 Å². The van der Waals surface area contributed by atoms with Crippen molar-refractivity contribution in [2.45, 2.75) is 32.7 Å². The van der Waals surface area contributed by atoms with E-state index >= 15 is 0 Å². The zero-order chi connectivity index (χ0) is 19.0. The molecule has 0 bridgehead atoms. The average Bonchev–Trinajstić information content (AvgIpc) is 3.08. The van der Waals surface area contributed by atoms with Crippen molar-refractivity contribution in [1.82, 2.24) is 24.9 Å². The Hall–Kier alpha value is -2.22. The highest BCUT2D eigenvalue weighted by atomic mass is 35.5. The summed E-state index contributed by atoms with van der Waals surface area (Å²) in [7, 11) is 0. The van der Waals surface area contributed by atoms with Crippen LogP contribution in [0.2, 0.25) is 0 Å². The van der Waals surface area contributed by atoms with Gasteiger partial charge in [0.05, 0.1) is 16.9 Å². The molecule has 9 heteroatoms. The summed E-state index contributed by atoms with van der Waals surface area (Å²) in [5.41, 5.74) is 8.83. The number of nitrogens with two attached hydrogens (primary N) is 1. The third-order valence-electron chi connectivity index (χ3n) is 5.43. The standard InChI is InChI=1S/C20H24N6O.2ClH/c1-13(21)16-8-5-11-25(12-16)20(27)18-14(2)26(24-23-18)17-9-3-6-15-7-4-10-22-19(15)17;;/h3-4,6-7,9-10,13,16H,5,8,11-12,21H2,1-2H3;2*1H. The summed E-state index contributed by atoms with van der Waals surface area (Å²) in [6, 6.07) is 9.90. The molecule has 0 aliphatic carbocycles. The van der Waals surface area contributed by atoms with Crippen LogP contribution in [0.3, 0.4) is 0 Å². The van der Waals surface area contributed by atoms with E-state index in [1.165, 1.54) is 0 Å². The van der Waals surface area contributed by atoms with E-state index in [9.17, 15) is 4.79 Å². The van der Waals surface area contributed by atoms with E-state index < -0.39 is 0 Å². The maximum absolute atomic E-state index is 13.1. The van der Waals surface area contributed by atoms with Gasteiger partial charge in [0, 0.05) is 30.7 Å². The van der Waals surface area contributed by atoms with Gasteiger partial charge in [-0.3, -0.25) is 9.78 Å². The summed E-state index contributed by atoms with van der Waals surface area (Å²) in [5, 5.41) is 9.49. The van der Waals surface area contributed by atoms with Gasteiger partial charge in [-0.15, -0.1) is 29.9 Å². The number of carbonyl (C=O) groups excluding carboxylic acids is 1. The topological polar surface area (TPSA) is 89.9 Å². The summed E-state index contributed by atoms with van der Waals surface area (Å²) in [6.07, 6.45) is 3.79. The van der Waals surface area contributed by atoms with Crippen molar-refractivity contribution in [1.29, 1.82) is 0 Å². The van der Waals surface area contributed by atoms with Crippen LogP contribution >= 0.6 is 24.8 Å². The zero-order valence-electron chi connectivity index (χ0n) is 16.5. The van der Waals surface area contributed by atoms with Crippen LogP contribution in [-0.4, -0.2) is 49.9 Å². The van der Waals surface area contributed by atoms with Crippen molar-refractivity contribution in [3.05, 3.63) is 47.9 Å². The molecule has 4 rings (SSSR count). The van der Waals surface area contributed by atoms with Crippen LogP contribution in [0.25, 0.3) is 16.6 Å². The van der Waals surface area contributed by atoms with Crippen molar-refractivity contribution in [3.63, 3.8) is 0 Å². The molecule has 3 heterocycles. The van der Waals surface area contributed by atoms with E-state index in [4.69, 9.17) is 5.73 Å². The first-order valence-electron chi connectivity index (χ1n) is 9.37. The number of carbonyl (C=O) groups is 1. The van der Waals surface area contributed by atoms with Gasteiger partial charge in [0.1, 0.15) is 0 Å². The second-order valence-electron chi connectivity index (χ2n) is 7.30. The van der Waals surface area contributed by atoms with Gasteiger partial charge < -0.3 is 10.6 Å². The molecule has 2 aromatic heterocycles. The predicted octanol–water partition coefficient (Wildman–Crippen LogP) is 3.17. The largest absolute Gasteiger partial charge is 0.337 e. The molecule has 7 nitrogen and oxygen atoms in total. The number of halogens is 2. The van der Waals surface area contributed by atoms with Gasteiger partial charge in [0.15, 0.2) is 5.69 Å². The number of hydrogen-bond acceptors (Lipinski definition) is 5. The molecule has 2 N–H and O–H groups in total. The van der Waals surface area contributed by atoms with E-state index in [0.29, 0.717) is 18.2 Å². The normalized spacial score (nSPS) is 17.3. The number of aromatic nitrogens is 4. The van der Waals surface area contributed by atoms with Crippen LogP contribution in [0.4, 0.5) is 0 Å². The van der Waals surface area contributed by atoms with Gasteiger partial charge in [-0.05, 0) is 44.7 Å². The lowest BCUT2D eigenvalue weighted by molar-refractivity contribution is 0.0654. The molecule has 0 saturated carbocycles. The van der Waals surface area contributed by atoms with E-state index in [2.05, 4.69) is 15.3 Å². The van der Waals surface area contributed by atoms with Gasteiger partial charge >= 0.3 is 0 Å². The molecule has 0 radical (unpaired) electrons. The van der Waals surface area contributed by atoms with Crippen molar-refractivity contribution >= 4 is 41.6 Å². The molecule has 1 aliphatic rings. The molecule has 1 fully saturated rings. The van der Waals surface area contributed by atoms with Crippen molar-refractivity contribution in [2.75, 3.05) is 13.1 Å². The molecule has 1 amide bonds. The van der Waals surface area contributed by atoms with Crippen molar-refractivity contribution in [3.8, 4) is 5.69 Å². The fourth-order valence-electron chi connectivity index (χ4n) is 3.79. The highest BCUT2D eigenvalue weighted by Gasteiger charge is 2.29. The summed E-state index contributed by atoms with van der Waals surface area (Å²) in [5.74, 6) is 0.262. The molecular weight excluding hydrogens is 411 g/mol.